The summed E-state index contributed by atoms with van der Waals surface area (Å²) >= 11 is 10.8. The third-order valence-corrected chi connectivity index (χ3v) is 17.2. The Labute approximate surface area is 146 Å². The van der Waals surface area contributed by atoms with Gasteiger partial charge in [-0.05, 0) is 0 Å². The zero-order valence-electron chi connectivity index (χ0n) is 12.7. The summed E-state index contributed by atoms with van der Waals surface area (Å²) in [6.45, 7) is 0. The average molecular weight is 431 g/mol. The van der Waals surface area contributed by atoms with Gasteiger partial charge in [0.05, 0.1) is 0 Å². The van der Waals surface area contributed by atoms with Gasteiger partial charge >= 0.3 is 147 Å². The van der Waals surface area contributed by atoms with Gasteiger partial charge in [-0.15, -0.1) is 0 Å². The van der Waals surface area contributed by atoms with Gasteiger partial charge in [0.25, 0.3) is 0 Å². The van der Waals surface area contributed by atoms with Gasteiger partial charge in [-0.1, -0.05) is 0 Å². The molecule has 2 aliphatic carbocycles. The van der Waals surface area contributed by atoms with Crippen molar-refractivity contribution in [2.75, 3.05) is 0 Å². The molecule has 0 saturated heterocycles. The Morgan fingerprint density at radius 2 is 1.24 bits per heavy atom. The molecule has 0 amide bonds. The normalized spacial score (nSPS) is 21.4. The molecule has 3 heteroatoms. The number of halogens is 2. The van der Waals surface area contributed by atoms with Gasteiger partial charge in [-0.25, -0.2) is 0 Å². The minimum absolute atomic E-state index is 0.718. The molecule has 0 atom stereocenters. The number of hydrogen-bond donors (Lipinski definition) is 0. The van der Waals surface area contributed by atoms with Crippen LogP contribution in [0.1, 0.15) is 64.2 Å². The van der Waals surface area contributed by atoms with Gasteiger partial charge in [0, 0.05) is 0 Å². The van der Waals surface area contributed by atoms with E-state index in [4.69, 9.17) is 23.2 Å². The monoisotopic (exact) mass is 431 g/mol. The van der Waals surface area contributed by atoms with Crippen LogP contribution in [0.4, 0.5) is 0 Å². The molecule has 1 aromatic carbocycles. The summed E-state index contributed by atoms with van der Waals surface area (Å²) in [4.78, 5) is 0. The second kappa shape index (κ2) is 7.92. The van der Waals surface area contributed by atoms with Crippen LogP contribution >= 0.6 is 23.2 Å². The molecule has 21 heavy (non-hydrogen) atoms. The first-order chi connectivity index (χ1) is 10.3. The van der Waals surface area contributed by atoms with Crippen LogP contribution in [0.15, 0.2) is 18.2 Å². The molecule has 0 N–H and O–H groups in total. The third kappa shape index (κ3) is 4.12. The van der Waals surface area contributed by atoms with Crippen LogP contribution in [-0.2, 0) is 0 Å². The summed E-state index contributed by atoms with van der Waals surface area (Å²) in [6, 6.07) is 6.61. The van der Waals surface area contributed by atoms with E-state index in [2.05, 4.69) is 12.1 Å². The van der Waals surface area contributed by atoms with Gasteiger partial charge in [0.1, 0.15) is 0 Å². The van der Waals surface area contributed by atoms with Gasteiger partial charge in [0.15, 0.2) is 0 Å². The van der Waals surface area contributed by atoms with Crippen LogP contribution in [0.3, 0.4) is 0 Å². The molecule has 3 rings (SSSR count). The molecule has 0 aliphatic heterocycles. The SMILES string of the molecule is Clc1cc[c]([Sn+]([CH]2CCCCC2)[CH]2CCCCC2)cc1Cl. The van der Waals surface area contributed by atoms with Gasteiger partial charge in [-0.2, -0.15) is 0 Å². The van der Waals surface area contributed by atoms with E-state index < -0.39 is 19.8 Å². The van der Waals surface area contributed by atoms with E-state index in [1.165, 1.54) is 64.2 Å². The Kier molecular flexibility index (Phi) is 6.21. The number of benzene rings is 1. The molecular formula is C18H25Cl2Sn+. The van der Waals surface area contributed by atoms with Crippen molar-refractivity contribution < 1.29 is 0 Å². The maximum atomic E-state index is 6.34. The first-order valence-corrected chi connectivity index (χ1v) is 14.1. The van der Waals surface area contributed by atoms with Gasteiger partial charge in [0.2, 0.25) is 0 Å². The fourth-order valence-corrected chi connectivity index (χ4v) is 17.0. The van der Waals surface area contributed by atoms with Crippen molar-refractivity contribution in [3.63, 3.8) is 0 Å². The van der Waals surface area contributed by atoms with Crippen LogP contribution < -0.4 is 3.58 Å². The molecule has 0 bridgehead atoms. The Balaban J connectivity index is 1.87. The third-order valence-electron chi connectivity index (χ3n) is 5.34. The van der Waals surface area contributed by atoms with Crippen LogP contribution in [0.5, 0.6) is 0 Å². The van der Waals surface area contributed by atoms with E-state index >= 15 is 0 Å². The molecule has 0 spiro atoms. The van der Waals surface area contributed by atoms with Crippen LogP contribution in [0.25, 0.3) is 0 Å². The molecule has 0 heterocycles. The Bertz CT molecular complexity index is 444. The fourth-order valence-electron chi connectivity index (χ4n) is 4.31. The zero-order chi connectivity index (χ0) is 14.7. The van der Waals surface area contributed by atoms with Crippen LogP contribution in [0, 0.1) is 0 Å². The van der Waals surface area contributed by atoms with Crippen LogP contribution in [-0.4, -0.2) is 19.8 Å². The fraction of sp³-hybridized carbons (Fsp3) is 0.667. The number of rotatable bonds is 3. The summed E-state index contributed by atoms with van der Waals surface area (Å²) in [5.74, 6) is 0. The molecule has 0 radical (unpaired) electrons. The zero-order valence-corrected chi connectivity index (χ0v) is 17.1. The molecule has 0 unspecified atom stereocenters. The quantitative estimate of drug-likeness (QED) is 0.489. The molecule has 0 nitrogen and oxygen atoms in total. The summed E-state index contributed by atoms with van der Waals surface area (Å²) in [6.07, 6.45) is 14.7. The summed E-state index contributed by atoms with van der Waals surface area (Å²) in [7, 11) is 0. The molecule has 2 aliphatic rings. The molecule has 2 fully saturated rings. The summed E-state index contributed by atoms with van der Waals surface area (Å²) in [5.41, 5.74) is 0. The molecular weight excluding hydrogens is 406 g/mol. The number of hydrogen-bond acceptors (Lipinski definition) is 0. The topological polar surface area (TPSA) is 0 Å². The predicted molar refractivity (Wildman–Crippen MR) is 95.5 cm³/mol. The van der Waals surface area contributed by atoms with Crippen molar-refractivity contribution in [2.24, 2.45) is 0 Å². The van der Waals surface area contributed by atoms with Gasteiger partial charge < -0.3 is 0 Å². The molecule has 1 aromatic rings. The Hall–Kier alpha value is 0.599. The first kappa shape index (κ1) is 16.5. The minimum atomic E-state index is -1.64. The Morgan fingerprint density at radius 1 is 0.714 bits per heavy atom. The second-order valence-electron chi connectivity index (χ2n) is 6.75. The molecule has 0 aromatic heterocycles. The van der Waals surface area contributed by atoms with E-state index in [0.717, 1.165) is 17.9 Å². The van der Waals surface area contributed by atoms with Crippen LogP contribution in [0.2, 0.25) is 17.9 Å². The van der Waals surface area contributed by atoms with Crippen molar-refractivity contribution in [3.05, 3.63) is 28.2 Å². The maximum absolute atomic E-state index is 6.34. The summed E-state index contributed by atoms with van der Waals surface area (Å²) in [5, 5.41) is 1.49. The molecule has 2 saturated carbocycles. The van der Waals surface area contributed by atoms with Crippen molar-refractivity contribution in [3.8, 4) is 0 Å². The van der Waals surface area contributed by atoms with E-state index in [-0.39, 0.29) is 0 Å². The van der Waals surface area contributed by atoms with E-state index in [1.54, 1.807) is 3.58 Å². The Morgan fingerprint density at radius 3 is 1.71 bits per heavy atom. The van der Waals surface area contributed by atoms with Crippen molar-refractivity contribution in [1.29, 1.82) is 0 Å². The van der Waals surface area contributed by atoms with Crippen molar-refractivity contribution >= 4 is 46.5 Å². The van der Waals surface area contributed by atoms with E-state index in [1.807, 2.05) is 6.07 Å². The second-order valence-corrected chi connectivity index (χ2v) is 16.5. The predicted octanol–water partition coefficient (Wildman–Crippen LogP) is 6.36. The van der Waals surface area contributed by atoms with E-state index in [0.29, 0.717) is 0 Å². The molecule has 114 valence electrons. The van der Waals surface area contributed by atoms with Crippen molar-refractivity contribution in [2.45, 2.75) is 72.1 Å². The summed E-state index contributed by atoms with van der Waals surface area (Å²) < 4.78 is 3.76. The van der Waals surface area contributed by atoms with Gasteiger partial charge in [-0.3, -0.25) is 0 Å². The standard InChI is InChI=1S/C6H3Cl2.2C6H11.Sn/c7-5-3-1-2-4-6(5)8;2*1-2-4-6-5-3-1;/h1,3-4H;2*1H,2-6H2;/q;;;+1. The average Bonchev–Trinajstić information content (AvgIpc) is 2.53. The first-order valence-electron chi connectivity index (χ1n) is 8.58. The van der Waals surface area contributed by atoms with E-state index in [9.17, 15) is 0 Å². The van der Waals surface area contributed by atoms with Crippen molar-refractivity contribution in [1.82, 2.24) is 0 Å².